The van der Waals surface area contributed by atoms with Crippen molar-refractivity contribution in [3.05, 3.63) is 65.2 Å². The Kier molecular flexibility index (Phi) is 7.09. The quantitative estimate of drug-likeness (QED) is 0.769. The summed E-state index contributed by atoms with van der Waals surface area (Å²) in [5.41, 5.74) is 1.09. The number of ether oxygens (including phenoxy) is 1. The molecule has 4 nitrogen and oxygen atoms in total. The maximum atomic E-state index is 12.3. The van der Waals surface area contributed by atoms with E-state index in [1.165, 1.54) is 0 Å². The third-order valence-electron chi connectivity index (χ3n) is 3.78. The summed E-state index contributed by atoms with van der Waals surface area (Å²) in [7, 11) is 0. The molecule has 0 aliphatic heterocycles. The lowest BCUT2D eigenvalue weighted by molar-refractivity contribution is -0.127. The number of aliphatic hydroxyl groups is 1. The average Bonchev–Trinajstić information content (AvgIpc) is 2.61. The predicted octanol–water partition coefficient (Wildman–Crippen LogP) is 3.39. The first-order valence-electron chi connectivity index (χ1n) is 7.96. The zero-order valence-corrected chi connectivity index (χ0v) is 14.4. The highest BCUT2D eigenvalue weighted by Gasteiger charge is 2.18. The maximum Gasteiger partial charge on any atom is 0.260 e. The Hall–Kier alpha value is -2.04. The Morgan fingerprint density at radius 1 is 1.17 bits per heavy atom. The molecule has 0 spiro atoms. The van der Waals surface area contributed by atoms with E-state index in [2.05, 4.69) is 5.32 Å². The molecule has 24 heavy (non-hydrogen) atoms. The van der Waals surface area contributed by atoms with Crippen LogP contribution in [0.2, 0.25) is 5.02 Å². The molecule has 2 atom stereocenters. The number of aliphatic hydroxyl groups excluding tert-OH is 1. The number of rotatable bonds is 8. The lowest BCUT2D eigenvalue weighted by Gasteiger charge is -2.20. The zero-order chi connectivity index (χ0) is 17.4. The van der Waals surface area contributed by atoms with Crippen LogP contribution < -0.4 is 10.1 Å². The van der Waals surface area contributed by atoms with E-state index in [1.54, 1.807) is 31.2 Å². The van der Waals surface area contributed by atoms with Crippen molar-refractivity contribution in [3.8, 4) is 5.75 Å². The number of amides is 1. The van der Waals surface area contributed by atoms with Crippen LogP contribution in [-0.2, 0) is 4.79 Å². The Labute approximate surface area is 147 Å². The van der Waals surface area contributed by atoms with Crippen LogP contribution in [0.25, 0.3) is 0 Å². The molecule has 0 saturated carbocycles. The third kappa shape index (κ3) is 5.25. The van der Waals surface area contributed by atoms with Crippen molar-refractivity contribution in [2.45, 2.75) is 25.4 Å². The van der Waals surface area contributed by atoms with Gasteiger partial charge in [0, 0.05) is 19.1 Å². The Bertz CT molecular complexity index is 648. The number of para-hydroxylation sites is 1. The fourth-order valence-electron chi connectivity index (χ4n) is 2.42. The smallest absolute Gasteiger partial charge is 0.260 e. The Morgan fingerprint density at radius 2 is 1.83 bits per heavy atom. The van der Waals surface area contributed by atoms with Crippen molar-refractivity contribution in [1.82, 2.24) is 5.32 Å². The van der Waals surface area contributed by atoms with Gasteiger partial charge in [-0.05, 0) is 31.0 Å². The second-order valence-corrected chi connectivity index (χ2v) is 5.96. The second-order valence-electron chi connectivity index (χ2n) is 5.56. The summed E-state index contributed by atoms with van der Waals surface area (Å²) in [5.74, 6) is 0.332. The van der Waals surface area contributed by atoms with Gasteiger partial charge in [-0.3, -0.25) is 4.79 Å². The minimum absolute atomic E-state index is 0.0627. The van der Waals surface area contributed by atoms with Gasteiger partial charge in [0.1, 0.15) is 5.75 Å². The third-order valence-corrected chi connectivity index (χ3v) is 4.09. The van der Waals surface area contributed by atoms with Crippen molar-refractivity contribution >= 4 is 17.5 Å². The maximum absolute atomic E-state index is 12.3. The highest BCUT2D eigenvalue weighted by molar-refractivity contribution is 6.32. The zero-order valence-electron chi connectivity index (χ0n) is 13.6. The molecule has 2 aromatic carbocycles. The normalized spacial score (nSPS) is 13.1. The first-order chi connectivity index (χ1) is 11.6. The summed E-state index contributed by atoms with van der Waals surface area (Å²) in [4.78, 5) is 12.3. The van der Waals surface area contributed by atoms with Gasteiger partial charge in [-0.25, -0.2) is 0 Å². The molecule has 0 aromatic heterocycles. The van der Waals surface area contributed by atoms with Crippen molar-refractivity contribution in [2.75, 3.05) is 13.2 Å². The van der Waals surface area contributed by atoms with Crippen molar-refractivity contribution in [3.63, 3.8) is 0 Å². The van der Waals surface area contributed by atoms with E-state index in [4.69, 9.17) is 16.3 Å². The Balaban J connectivity index is 1.92. The summed E-state index contributed by atoms with van der Waals surface area (Å²) < 4.78 is 5.61. The molecule has 2 unspecified atom stereocenters. The van der Waals surface area contributed by atoms with Crippen LogP contribution >= 0.6 is 11.6 Å². The first-order valence-corrected chi connectivity index (χ1v) is 8.34. The number of hydrogen-bond donors (Lipinski definition) is 2. The van der Waals surface area contributed by atoms with Crippen LogP contribution in [0.1, 0.15) is 24.8 Å². The summed E-state index contributed by atoms with van der Waals surface area (Å²) in [6, 6.07) is 16.9. The van der Waals surface area contributed by atoms with Crippen LogP contribution in [0, 0.1) is 0 Å². The Morgan fingerprint density at radius 3 is 2.50 bits per heavy atom. The number of carbonyl (C=O) groups is 1. The molecule has 0 heterocycles. The highest BCUT2D eigenvalue weighted by Crippen LogP contribution is 2.24. The van der Waals surface area contributed by atoms with Gasteiger partial charge in [-0.1, -0.05) is 54.1 Å². The average molecular weight is 348 g/mol. The van der Waals surface area contributed by atoms with Gasteiger partial charge in [0.05, 0.1) is 5.02 Å². The number of hydrogen-bond acceptors (Lipinski definition) is 3. The van der Waals surface area contributed by atoms with Crippen molar-refractivity contribution in [1.29, 1.82) is 0 Å². The van der Waals surface area contributed by atoms with E-state index in [0.717, 1.165) is 5.56 Å². The highest BCUT2D eigenvalue weighted by atomic mass is 35.5. The molecule has 0 fully saturated rings. The fraction of sp³-hybridized carbons (Fsp3) is 0.316. The van der Waals surface area contributed by atoms with Gasteiger partial charge in [-0.15, -0.1) is 0 Å². The molecule has 2 rings (SSSR count). The van der Waals surface area contributed by atoms with Gasteiger partial charge >= 0.3 is 0 Å². The molecule has 0 bridgehead atoms. The standard InChI is InChI=1S/C19H22ClNO3/c1-14(24-18-10-6-5-9-17(18)20)19(23)21-13-16(11-12-22)15-7-3-2-4-8-15/h2-10,14,16,22H,11-13H2,1H3,(H,21,23). The van der Waals surface area contributed by atoms with Gasteiger partial charge in [0.25, 0.3) is 5.91 Å². The van der Waals surface area contributed by atoms with Crippen molar-refractivity contribution in [2.24, 2.45) is 0 Å². The molecular formula is C19H22ClNO3. The van der Waals surface area contributed by atoms with E-state index >= 15 is 0 Å². The van der Waals surface area contributed by atoms with Crippen LogP contribution in [0.4, 0.5) is 0 Å². The summed E-state index contributed by atoms with van der Waals surface area (Å²) in [6.45, 7) is 2.20. The van der Waals surface area contributed by atoms with Crippen LogP contribution in [0.3, 0.4) is 0 Å². The minimum atomic E-state index is -0.657. The van der Waals surface area contributed by atoms with Gasteiger partial charge < -0.3 is 15.2 Å². The molecule has 5 heteroatoms. The van der Waals surface area contributed by atoms with Crippen LogP contribution in [0.5, 0.6) is 5.75 Å². The van der Waals surface area contributed by atoms with E-state index in [1.807, 2.05) is 30.3 Å². The number of benzene rings is 2. The van der Waals surface area contributed by atoms with E-state index in [9.17, 15) is 9.90 Å². The molecule has 2 N–H and O–H groups in total. The molecule has 1 amide bonds. The van der Waals surface area contributed by atoms with Gasteiger partial charge in [-0.2, -0.15) is 0 Å². The lowest BCUT2D eigenvalue weighted by atomic mass is 9.96. The minimum Gasteiger partial charge on any atom is -0.479 e. The molecule has 0 radical (unpaired) electrons. The first kappa shape index (κ1) is 18.3. The van der Waals surface area contributed by atoms with E-state index in [0.29, 0.717) is 23.7 Å². The molecular weight excluding hydrogens is 326 g/mol. The number of halogens is 1. The van der Waals surface area contributed by atoms with Gasteiger partial charge in [0.15, 0.2) is 6.10 Å². The monoisotopic (exact) mass is 347 g/mol. The van der Waals surface area contributed by atoms with Crippen LogP contribution in [-0.4, -0.2) is 30.3 Å². The van der Waals surface area contributed by atoms with E-state index < -0.39 is 6.10 Å². The summed E-state index contributed by atoms with van der Waals surface area (Å²) in [5, 5.41) is 12.6. The summed E-state index contributed by atoms with van der Waals surface area (Å²) >= 11 is 6.04. The molecule has 0 aliphatic carbocycles. The molecule has 128 valence electrons. The molecule has 2 aromatic rings. The second kappa shape index (κ2) is 9.30. The number of nitrogens with one attached hydrogen (secondary N) is 1. The fourth-order valence-corrected chi connectivity index (χ4v) is 2.60. The largest absolute Gasteiger partial charge is 0.479 e. The van der Waals surface area contributed by atoms with Crippen LogP contribution in [0.15, 0.2) is 54.6 Å². The summed E-state index contributed by atoms with van der Waals surface area (Å²) in [6.07, 6.45) is -0.0696. The topological polar surface area (TPSA) is 58.6 Å². The molecule has 0 aliphatic rings. The van der Waals surface area contributed by atoms with Crippen molar-refractivity contribution < 1.29 is 14.6 Å². The van der Waals surface area contributed by atoms with Gasteiger partial charge in [0.2, 0.25) is 0 Å². The lowest BCUT2D eigenvalue weighted by Crippen LogP contribution is -2.38. The number of carbonyl (C=O) groups excluding carboxylic acids is 1. The predicted molar refractivity (Wildman–Crippen MR) is 95.4 cm³/mol. The SMILES string of the molecule is CC(Oc1ccccc1Cl)C(=O)NCC(CCO)c1ccccc1. The molecule has 0 saturated heterocycles. The van der Waals surface area contributed by atoms with E-state index in [-0.39, 0.29) is 18.4 Å².